The third-order valence-electron chi connectivity index (χ3n) is 2.55. The highest BCUT2D eigenvalue weighted by molar-refractivity contribution is 6.44. The molecule has 2 aromatic carbocycles. The lowest BCUT2D eigenvalue weighted by atomic mass is 10.0. The summed E-state index contributed by atoms with van der Waals surface area (Å²) in [6.45, 7) is 0. The van der Waals surface area contributed by atoms with E-state index in [-0.39, 0.29) is 21.2 Å². The molecule has 2 nitrogen and oxygen atoms in total. The second-order valence-corrected chi connectivity index (χ2v) is 4.79. The minimum absolute atomic E-state index is 0.0970. The van der Waals surface area contributed by atoms with Crippen molar-refractivity contribution in [1.29, 1.82) is 0 Å². The first-order chi connectivity index (χ1) is 9.78. The fourth-order valence-corrected chi connectivity index (χ4v) is 2.03. The molecule has 0 amide bonds. The Balaban J connectivity index is 2.26. The Hall–Kier alpha value is -1.72. The molecule has 21 heavy (non-hydrogen) atoms. The van der Waals surface area contributed by atoms with Gasteiger partial charge in [0.1, 0.15) is 5.75 Å². The Bertz CT molecular complexity index is 667. The molecule has 0 saturated carbocycles. The summed E-state index contributed by atoms with van der Waals surface area (Å²) in [5.74, 6) is -0.850. The Morgan fingerprint density at radius 1 is 1.00 bits per heavy atom. The second-order valence-electron chi connectivity index (χ2n) is 4.00. The van der Waals surface area contributed by atoms with Crippen LogP contribution in [-0.4, -0.2) is 12.1 Å². The van der Waals surface area contributed by atoms with Crippen LogP contribution in [0.5, 0.6) is 5.75 Å². The van der Waals surface area contributed by atoms with Crippen LogP contribution in [-0.2, 0) is 0 Å². The SMILES string of the molecule is O=C(c1ccc(OC(F)(F)F)cc1)c1cccc(Cl)c1Cl. The Kier molecular flexibility index (Phi) is 4.44. The zero-order valence-electron chi connectivity index (χ0n) is 10.2. The molecule has 0 heterocycles. The van der Waals surface area contributed by atoms with E-state index < -0.39 is 17.9 Å². The van der Waals surface area contributed by atoms with Crippen molar-refractivity contribution in [3.63, 3.8) is 0 Å². The fraction of sp³-hybridized carbons (Fsp3) is 0.0714. The lowest BCUT2D eigenvalue weighted by molar-refractivity contribution is -0.274. The van der Waals surface area contributed by atoms with Crippen molar-refractivity contribution >= 4 is 29.0 Å². The summed E-state index contributed by atoms with van der Waals surface area (Å²) in [6.07, 6.45) is -4.78. The van der Waals surface area contributed by atoms with Gasteiger partial charge >= 0.3 is 6.36 Å². The largest absolute Gasteiger partial charge is 0.573 e. The van der Waals surface area contributed by atoms with Crippen molar-refractivity contribution in [3.05, 3.63) is 63.6 Å². The molecule has 2 rings (SSSR count). The van der Waals surface area contributed by atoms with Gasteiger partial charge in [0, 0.05) is 11.1 Å². The molecule has 0 fully saturated rings. The molecule has 0 bridgehead atoms. The fourth-order valence-electron chi connectivity index (χ4n) is 1.64. The van der Waals surface area contributed by atoms with Crippen molar-refractivity contribution in [2.45, 2.75) is 6.36 Å². The summed E-state index contributed by atoms with van der Waals surface area (Å²) in [5.41, 5.74) is 0.349. The number of alkyl halides is 3. The molecule has 0 spiro atoms. The quantitative estimate of drug-likeness (QED) is 0.728. The number of ketones is 1. The van der Waals surface area contributed by atoms with Crippen LogP contribution in [0.2, 0.25) is 10.0 Å². The molecule has 0 unspecified atom stereocenters. The highest BCUT2D eigenvalue weighted by Crippen LogP contribution is 2.28. The zero-order valence-corrected chi connectivity index (χ0v) is 11.8. The molecule has 0 aliphatic rings. The van der Waals surface area contributed by atoms with E-state index in [1.165, 1.54) is 24.3 Å². The average molecular weight is 335 g/mol. The predicted octanol–water partition coefficient (Wildman–Crippen LogP) is 5.12. The van der Waals surface area contributed by atoms with Crippen LogP contribution in [0.4, 0.5) is 13.2 Å². The summed E-state index contributed by atoms with van der Waals surface area (Å²) in [6, 6.07) is 9.12. The Labute approximate surface area is 128 Å². The van der Waals surface area contributed by atoms with E-state index in [4.69, 9.17) is 23.2 Å². The molecule has 0 atom stereocenters. The maximum atomic E-state index is 12.2. The van der Waals surface area contributed by atoms with Gasteiger partial charge in [0.15, 0.2) is 5.78 Å². The smallest absolute Gasteiger partial charge is 0.406 e. The van der Waals surface area contributed by atoms with Gasteiger partial charge in [-0.3, -0.25) is 4.79 Å². The summed E-state index contributed by atoms with van der Waals surface area (Å²) in [4.78, 5) is 12.2. The number of ether oxygens (including phenoxy) is 1. The van der Waals surface area contributed by atoms with E-state index in [0.29, 0.717) is 0 Å². The summed E-state index contributed by atoms with van der Waals surface area (Å²) >= 11 is 11.7. The molecule has 0 radical (unpaired) electrons. The summed E-state index contributed by atoms with van der Waals surface area (Å²) in [7, 11) is 0. The van der Waals surface area contributed by atoms with E-state index >= 15 is 0 Å². The first kappa shape index (κ1) is 15.7. The van der Waals surface area contributed by atoms with Crippen LogP contribution < -0.4 is 4.74 Å². The Morgan fingerprint density at radius 2 is 1.62 bits per heavy atom. The number of carbonyl (C=O) groups is 1. The number of benzene rings is 2. The third-order valence-corrected chi connectivity index (χ3v) is 3.37. The first-order valence-corrected chi connectivity index (χ1v) is 6.38. The van der Waals surface area contributed by atoms with Gasteiger partial charge in [-0.1, -0.05) is 29.3 Å². The van der Waals surface area contributed by atoms with Crippen molar-refractivity contribution < 1.29 is 22.7 Å². The van der Waals surface area contributed by atoms with E-state index in [1.807, 2.05) is 0 Å². The van der Waals surface area contributed by atoms with Gasteiger partial charge in [0.2, 0.25) is 0 Å². The molecule has 0 aromatic heterocycles. The van der Waals surface area contributed by atoms with Gasteiger partial charge in [-0.2, -0.15) is 0 Å². The molecule has 0 aliphatic heterocycles. The van der Waals surface area contributed by atoms with Crippen LogP contribution in [0.3, 0.4) is 0 Å². The minimum Gasteiger partial charge on any atom is -0.406 e. The number of rotatable bonds is 3. The lowest BCUT2D eigenvalue weighted by Gasteiger charge is -2.09. The Morgan fingerprint density at radius 3 is 2.19 bits per heavy atom. The van der Waals surface area contributed by atoms with Crippen LogP contribution >= 0.6 is 23.2 Å². The van der Waals surface area contributed by atoms with Crippen LogP contribution in [0, 0.1) is 0 Å². The van der Waals surface area contributed by atoms with Gasteiger partial charge in [-0.25, -0.2) is 0 Å². The van der Waals surface area contributed by atoms with E-state index in [1.54, 1.807) is 6.07 Å². The van der Waals surface area contributed by atoms with E-state index in [0.717, 1.165) is 12.1 Å². The van der Waals surface area contributed by atoms with E-state index in [9.17, 15) is 18.0 Å². The molecular weight excluding hydrogens is 328 g/mol. The maximum absolute atomic E-state index is 12.2. The first-order valence-electron chi connectivity index (χ1n) is 5.62. The normalized spacial score (nSPS) is 11.3. The van der Waals surface area contributed by atoms with Crippen molar-refractivity contribution in [2.75, 3.05) is 0 Å². The maximum Gasteiger partial charge on any atom is 0.573 e. The van der Waals surface area contributed by atoms with Crippen molar-refractivity contribution in [3.8, 4) is 5.75 Å². The molecular formula is C14H7Cl2F3O2. The number of hydrogen-bond donors (Lipinski definition) is 0. The number of hydrogen-bond acceptors (Lipinski definition) is 2. The number of carbonyl (C=O) groups excluding carboxylic acids is 1. The topological polar surface area (TPSA) is 26.3 Å². The average Bonchev–Trinajstić information content (AvgIpc) is 2.40. The minimum atomic E-state index is -4.78. The van der Waals surface area contributed by atoms with Gasteiger partial charge in [0.25, 0.3) is 0 Å². The van der Waals surface area contributed by atoms with Gasteiger partial charge in [0.05, 0.1) is 10.0 Å². The van der Waals surface area contributed by atoms with Crippen molar-refractivity contribution in [1.82, 2.24) is 0 Å². The molecule has 0 saturated heterocycles. The monoisotopic (exact) mass is 334 g/mol. The zero-order chi connectivity index (χ0) is 15.6. The van der Waals surface area contributed by atoms with Gasteiger partial charge < -0.3 is 4.74 Å². The molecule has 0 aliphatic carbocycles. The van der Waals surface area contributed by atoms with Crippen LogP contribution in [0.1, 0.15) is 15.9 Å². The molecule has 0 N–H and O–H groups in total. The van der Waals surface area contributed by atoms with Crippen molar-refractivity contribution in [2.24, 2.45) is 0 Å². The van der Waals surface area contributed by atoms with Crippen LogP contribution in [0.15, 0.2) is 42.5 Å². The van der Waals surface area contributed by atoms with Gasteiger partial charge in [-0.15, -0.1) is 13.2 Å². The number of halogens is 5. The third kappa shape index (κ3) is 3.89. The summed E-state index contributed by atoms with van der Waals surface area (Å²) in [5, 5.41) is 0.319. The second kappa shape index (κ2) is 5.95. The van der Waals surface area contributed by atoms with Crippen LogP contribution in [0.25, 0.3) is 0 Å². The van der Waals surface area contributed by atoms with Gasteiger partial charge in [-0.05, 0) is 36.4 Å². The van der Waals surface area contributed by atoms with E-state index in [2.05, 4.69) is 4.74 Å². The lowest BCUT2D eigenvalue weighted by Crippen LogP contribution is -2.17. The standard InChI is InChI=1S/C14H7Cl2F3O2/c15-11-3-1-2-10(12(11)16)13(20)8-4-6-9(7-5-8)21-14(17,18)19/h1-7H. The highest BCUT2D eigenvalue weighted by Gasteiger charge is 2.31. The predicted molar refractivity (Wildman–Crippen MR) is 73.0 cm³/mol. The molecule has 110 valence electrons. The molecule has 2 aromatic rings. The molecule has 7 heteroatoms. The summed E-state index contributed by atoms with van der Waals surface area (Å²) < 4.78 is 39.9. The highest BCUT2D eigenvalue weighted by atomic mass is 35.5.